The van der Waals surface area contributed by atoms with Gasteiger partial charge in [-0.25, -0.2) is 19.2 Å². The maximum absolute atomic E-state index is 12.6. The molecule has 0 amide bonds. The number of likely N-dealkylation sites (N-methyl/N-ethyl adjacent to an activating group) is 1. The van der Waals surface area contributed by atoms with Crippen molar-refractivity contribution in [2.75, 3.05) is 51.8 Å². The number of anilines is 1. The van der Waals surface area contributed by atoms with E-state index in [0.29, 0.717) is 46.3 Å². The highest BCUT2D eigenvalue weighted by atomic mass is 16.6. The fourth-order valence-corrected chi connectivity index (χ4v) is 7.99. The number of aryl methyl sites for hydroxylation is 1. The molecular formula is C63H70N2O13. The number of ether oxygens (including phenoxy) is 7. The number of rotatable bonds is 25. The van der Waals surface area contributed by atoms with Gasteiger partial charge in [-0.1, -0.05) is 70.9 Å². The van der Waals surface area contributed by atoms with Crippen LogP contribution in [-0.4, -0.2) is 87.7 Å². The number of hydrogen-bond donors (Lipinski definition) is 0. The monoisotopic (exact) mass is 1060 g/mol. The summed E-state index contributed by atoms with van der Waals surface area (Å²) in [7, 11) is 3.67. The van der Waals surface area contributed by atoms with E-state index in [-0.39, 0.29) is 29.9 Å². The predicted octanol–water partition coefficient (Wildman–Crippen LogP) is 12.3. The Balaban J connectivity index is 0.000000265. The first-order valence-corrected chi connectivity index (χ1v) is 26.7. The van der Waals surface area contributed by atoms with Gasteiger partial charge in [0.2, 0.25) is 0 Å². The summed E-state index contributed by atoms with van der Waals surface area (Å²) in [5, 5.41) is 0. The normalized spacial score (nSPS) is 12.0. The van der Waals surface area contributed by atoms with Gasteiger partial charge in [-0.15, -0.1) is 0 Å². The molecule has 0 radical (unpaired) electrons. The number of esters is 6. The zero-order valence-electron chi connectivity index (χ0n) is 45.1. The van der Waals surface area contributed by atoms with E-state index in [9.17, 15) is 28.8 Å². The fraction of sp³-hybridized carbons (Fsp3) is 0.333. The van der Waals surface area contributed by atoms with E-state index in [1.165, 1.54) is 86.2 Å². The Morgan fingerprint density at radius 1 is 0.397 bits per heavy atom. The van der Waals surface area contributed by atoms with Crippen LogP contribution in [0, 0.1) is 0 Å². The Morgan fingerprint density at radius 2 is 0.756 bits per heavy atom. The molecule has 0 spiro atoms. The van der Waals surface area contributed by atoms with Crippen LogP contribution in [0.2, 0.25) is 0 Å². The van der Waals surface area contributed by atoms with Crippen LogP contribution >= 0.6 is 0 Å². The van der Waals surface area contributed by atoms with Crippen molar-refractivity contribution in [2.45, 2.75) is 90.9 Å². The molecule has 0 unspecified atom stereocenters. The second kappa shape index (κ2) is 31.7. The van der Waals surface area contributed by atoms with E-state index in [1.54, 1.807) is 79.9 Å². The minimum absolute atomic E-state index is 0.0577. The van der Waals surface area contributed by atoms with Gasteiger partial charge < -0.3 is 43.0 Å². The zero-order chi connectivity index (χ0) is 55.5. The minimum atomic E-state index is -0.620. The number of carbonyl (C=O) groups excluding carboxylic acids is 6. The zero-order valence-corrected chi connectivity index (χ0v) is 45.1. The molecule has 6 aromatic carbocycles. The Kier molecular flexibility index (Phi) is 23.9. The van der Waals surface area contributed by atoms with Crippen LogP contribution in [0.15, 0.2) is 146 Å². The Morgan fingerprint density at radius 3 is 1.19 bits per heavy atom. The number of benzene rings is 6. The first kappa shape index (κ1) is 59.0. The molecule has 1 saturated heterocycles. The van der Waals surface area contributed by atoms with Gasteiger partial charge in [0.15, 0.2) is 0 Å². The summed E-state index contributed by atoms with van der Waals surface area (Å²) in [5.74, 6) is -0.721. The smallest absolute Gasteiger partial charge is 0.343 e. The first-order chi connectivity index (χ1) is 37.9. The van der Waals surface area contributed by atoms with Crippen LogP contribution in [0.1, 0.15) is 131 Å². The van der Waals surface area contributed by atoms with Crippen molar-refractivity contribution in [1.29, 1.82) is 0 Å². The van der Waals surface area contributed by atoms with Crippen LogP contribution in [0.25, 0.3) is 0 Å². The maximum Gasteiger partial charge on any atom is 0.343 e. The van der Waals surface area contributed by atoms with Gasteiger partial charge in [-0.05, 0) is 165 Å². The summed E-state index contributed by atoms with van der Waals surface area (Å²) in [6.45, 7) is 8.59. The molecule has 0 N–H and O–H groups in total. The molecule has 1 fully saturated rings. The quantitative estimate of drug-likeness (QED) is 0.0301. The van der Waals surface area contributed by atoms with Crippen molar-refractivity contribution in [3.63, 3.8) is 0 Å². The van der Waals surface area contributed by atoms with Gasteiger partial charge >= 0.3 is 35.8 Å². The predicted molar refractivity (Wildman–Crippen MR) is 297 cm³/mol. The number of unbranched alkanes of at least 4 members (excludes halogenated alkanes) is 7. The van der Waals surface area contributed by atoms with Crippen LogP contribution in [0.4, 0.5) is 5.69 Å². The molecule has 15 nitrogen and oxygen atoms in total. The summed E-state index contributed by atoms with van der Waals surface area (Å²) in [6, 6.07) is 40.0. The van der Waals surface area contributed by atoms with Crippen molar-refractivity contribution < 1.29 is 61.9 Å². The number of hydrogen-bond acceptors (Lipinski definition) is 15. The van der Waals surface area contributed by atoms with Gasteiger partial charge in [-0.2, -0.15) is 0 Å². The van der Waals surface area contributed by atoms with Crippen LogP contribution in [0.5, 0.6) is 34.5 Å². The van der Waals surface area contributed by atoms with E-state index >= 15 is 0 Å². The van der Waals surface area contributed by atoms with E-state index in [2.05, 4.69) is 30.7 Å². The average molecular weight is 1060 g/mol. The van der Waals surface area contributed by atoms with E-state index in [4.69, 9.17) is 33.2 Å². The fourth-order valence-electron chi connectivity index (χ4n) is 7.99. The molecule has 0 bridgehead atoms. The highest BCUT2D eigenvalue weighted by molar-refractivity contribution is 5.93. The molecule has 1 aliphatic heterocycles. The largest absolute Gasteiger partial charge is 0.497 e. The molecule has 6 aromatic rings. The molecule has 7 rings (SSSR count). The minimum Gasteiger partial charge on any atom is -0.497 e. The Labute approximate surface area is 457 Å². The van der Waals surface area contributed by atoms with Crippen molar-refractivity contribution in [2.24, 2.45) is 0 Å². The molecule has 78 heavy (non-hydrogen) atoms. The molecule has 1 heterocycles. The van der Waals surface area contributed by atoms with Gasteiger partial charge in [0.25, 0.3) is 0 Å². The lowest BCUT2D eigenvalue weighted by Gasteiger charge is -2.34. The molecule has 0 aliphatic carbocycles. The molecule has 1 aliphatic rings. The third-order valence-corrected chi connectivity index (χ3v) is 12.7. The third kappa shape index (κ3) is 20.0. The Bertz CT molecular complexity index is 2830. The Hall–Kier alpha value is -8.30. The lowest BCUT2D eigenvalue weighted by atomic mass is 10.0. The lowest BCUT2D eigenvalue weighted by molar-refractivity contribution is -0.147. The molecule has 410 valence electrons. The molecule has 0 atom stereocenters. The third-order valence-electron chi connectivity index (χ3n) is 12.7. The summed E-state index contributed by atoms with van der Waals surface area (Å²) < 4.78 is 37.2. The summed E-state index contributed by atoms with van der Waals surface area (Å²) >= 11 is 0. The number of nitrogens with zero attached hydrogens (tertiary/aromatic N) is 2. The highest BCUT2D eigenvalue weighted by Crippen LogP contribution is 2.24. The summed E-state index contributed by atoms with van der Waals surface area (Å²) in [5.41, 5.74) is 3.78. The van der Waals surface area contributed by atoms with E-state index in [1.807, 2.05) is 24.3 Å². The topological polar surface area (TPSA) is 174 Å². The maximum atomic E-state index is 12.6. The number of piperazine rings is 1. The second-order valence-electron chi connectivity index (χ2n) is 18.7. The van der Waals surface area contributed by atoms with Gasteiger partial charge in [0, 0.05) is 31.9 Å². The standard InChI is InChI=1S/C35H40N2O8.C28H30O5/c1-3-4-5-6-25-42-32(38)19-20-33(39)43-29-13-7-26(8-14-29)34(40)44-30-15-9-27(10-16-30)35(41)45-31-17-11-28(12-18-31)37-23-21-36(2)22-24-37;1-3-4-5-6-7-8-21-9-11-22(12-10-21)27(29)32-25-17-19-26(20-18-25)33-28(30)23-13-15-24(31-2)16-14-23/h7-18H,3-6,19-25H2,1-2H3;9-20H,3-8H2,1-2H3. The lowest BCUT2D eigenvalue weighted by Crippen LogP contribution is -2.44. The van der Waals surface area contributed by atoms with Crippen LogP contribution < -0.4 is 33.3 Å². The SMILES string of the molecule is CCCCCCCc1ccc(C(=O)Oc2ccc(OC(=O)c3ccc(OC)cc3)cc2)cc1.CCCCCCOC(=O)CCC(=O)Oc1ccc(C(=O)Oc2ccc(C(=O)Oc3ccc(N4CCN(C)CC4)cc3)cc2)cc1. The molecule has 15 heteroatoms. The van der Waals surface area contributed by atoms with Crippen LogP contribution in [0.3, 0.4) is 0 Å². The van der Waals surface area contributed by atoms with Crippen molar-refractivity contribution in [1.82, 2.24) is 4.90 Å². The molecule has 0 aromatic heterocycles. The van der Waals surface area contributed by atoms with Crippen LogP contribution in [-0.2, 0) is 20.7 Å². The van der Waals surface area contributed by atoms with E-state index in [0.717, 1.165) is 64.0 Å². The first-order valence-electron chi connectivity index (χ1n) is 26.7. The molecule has 0 saturated carbocycles. The average Bonchev–Trinajstić information content (AvgIpc) is 3.46. The van der Waals surface area contributed by atoms with Crippen molar-refractivity contribution >= 4 is 41.5 Å². The highest BCUT2D eigenvalue weighted by Gasteiger charge is 2.17. The van der Waals surface area contributed by atoms with Gasteiger partial charge in [-0.3, -0.25) is 9.59 Å². The summed E-state index contributed by atoms with van der Waals surface area (Å²) in [6.07, 6.45) is 11.1. The number of methoxy groups -OCH3 is 1. The van der Waals surface area contributed by atoms with Gasteiger partial charge in [0.05, 0.1) is 48.8 Å². The van der Waals surface area contributed by atoms with Crippen molar-refractivity contribution in [3.8, 4) is 34.5 Å². The summed E-state index contributed by atoms with van der Waals surface area (Å²) in [4.78, 5) is 78.4. The van der Waals surface area contributed by atoms with Gasteiger partial charge in [0.1, 0.15) is 34.5 Å². The molecular weight excluding hydrogens is 993 g/mol. The van der Waals surface area contributed by atoms with E-state index < -0.39 is 35.8 Å². The van der Waals surface area contributed by atoms with Crippen molar-refractivity contribution in [3.05, 3.63) is 173 Å². The second-order valence-corrected chi connectivity index (χ2v) is 18.7. The number of carbonyl (C=O) groups is 6.